The molecule has 1 aromatic rings. The molecular formula is C19H32N4O4. The van der Waals surface area contributed by atoms with Crippen LogP contribution in [0, 0.1) is 11.8 Å². The predicted molar refractivity (Wildman–Crippen MR) is 106 cm³/mol. The monoisotopic (exact) mass is 380 g/mol. The van der Waals surface area contributed by atoms with Gasteiger partial charge in [-0.15, -0.1) is 0 Å². The van der Waals surface area contributed by atoms with Crippen molar-refractivity contribution in [2.24, 2.45) is 11.8 Å². The summed E-state index contributed by atoms with van der Waals surface area (Å²) in [4.78, 5) is 41.8. The van der Waals surface area contributed by atoms with E-state index in [-0.39, 0.29) is 23.3 Å². The molecule has 0 radical (unpaired) electrons. The zero-order valence-corrected chi connectivity index (χ0v) is 16.6. The van der Waals surface area contributed by atoms with Gasteiger partial charge < -0.3 is 15.4 Å². The molecule has 8 nitrogen and oxygen atoms in total. The second-order valence-electron chi connectivity index (χ2n) is 7.56. The number of hydrogen-bond acceptors (Lipinski definition) is 5. The van der Waals surface area contributed by atoms with Crippen molar-refractivity contribution in [2.45, 2.75) is 59.4 Å². The Morgan fingerprint density at radius 2 is 2.00 bits per heavy atom. The number of nitrogens with one attached hydrogen (secondary N) is 1. The smallest absolute Gasteiger partial charge is 0.330 e. The highest BCUT2D eigenvalue weighted by atomic mass is 16.5. The van der Waals surface area contributed by atoms with E-state index in [2.05, 4.69) is 18.8 Å². The van der Waals surface area contributed by atoms with Crippen LogP contribution in [0.5, 0.6) is 0 Å². The lowest BCUT2D eigenvalue weighted by Crippen LogP contribution is -2.45. The molecule has 2 rings (SSSR count). The van der Waals surface area contributed by atoms with Crippen molar-refractivity contribution in [3.05, 3.63) is 20.8 Å². The molecule has 1 saturated heterocycles. The number of anilines is 2. The first kappa shape index (κ1) is 21.2. The number of carbonyl (C=O) groups is 1. The van der Waals surface area contributed by atoms with Gasteiger partial charge in [0.15, 0.2) is 5.69 Å². The number of nitrogens with zero attached hydrogens (tertiary/aromatic N) is 2. The van der Waals surface area contributed by atoms with Crippen molar-refractivity contribution in [2.75, 3.05) is 30.4 Å². The highest BCUT2D eigenvalue weighted by Crippen LogP contribution is 2.24. The molecule has 0 bridgehead atoms. The van der Waals surface area contributed by atoms with Gasteiger partial charge in [-0.05, 0) is 31.6 Å². The number of amides is 1. The highest BCUT2D eigenvalue weighted by molar-refractivity contribution is 5.97. The number of nitrogen functional groups attached to an aromatic ring is 1. The van der Waals surface area contributed by atoms with Crippen LogP contribution < -0.4 is 21.9 Å². The van der Waals surface area contributed by atoms with E-state index in [4.69, 9.17) is 10.5 Å². The molecule has 8 heteroatoms. The van der Waals surface area contributed by atoms with Crippen molar-refractivity contribution in [3.8, 4) is 0 Å². The van der Waals surface area contributed by atoms with Gasteiger partial charge >= 0.3 is 5.69 Å². The number of aromatic amines is 1. The minimum Gasteiger partial charge on any atom is -0.383 e. The average Bonchev–Trinajstić information content (AvgIpc) is 2.64. The molecular weight excluding hydrogens is 348 g/mol. The molecule has 0 spiro atoms. The maximum absolute atomic E-state index is 13.2. The van der Waals surface area contributed by atoms with Gasteiger partial charge in [0.2, 0.25) is 5.91 Å². The largest absolute Gasteiger partial charge is 0.383 e. The summed E-state index contributed by atoms with van der Waals surface area (Å²) >= 11 is 0. The lowest BCUT2D eigenvalue weighted by Gasteiger charge is -2.30. The molecule has 0 aromatic carbocycles. The Bertz CT molecular complexity index is 747. The lowest BCUT2D eigenvalue weighted by molar-refractivity contribution is -0.125. The summed E-state index contributed by atoms with van der Waals surface area (Å²) in [6.45, 7) is 8.02. The van der Waals surface area contributed by atoms with Crippen molar-refractivity contribution >= 4 is 17.4 Å². The number of carbonyl (C=O) groups excluding carboxylic acids is 1. The SMILES string of the molecule is CCCCn1c(N)c(N(CCC(C)C)C(=O)C2CCOCC2)c(=O)[nH]c1=O. The minimum absolute atomic E-state index is 0.0707. The summed E-state index contributed by atoms with van der Waals surface area (Å²) in [5.74, 6) is 0.125. The van der Waals surface area contributed by atoms with E-state index < -0.39 is 11.2 Å². The fourth-order valence-electron chi connectivity index (χ4n) is 3.26. The summed E-state index contributed by atoms with van der Waals surface area (Å²) in [6.07, 6.45) is 3.64. The van der Waals surface area contributed by atoms with Gasteiger partial charge in [-0.3, -0.25) is 19.1 Å². The summed E-state index contributed by atoms with van der Waals surface area (Å²) in [6, 6.07) is 0. The summed E-state index contributed by atoms with van der Waals surface area (Å²) in [7, 11) is 0. The van der Waals surface area contributed by atoms with Crippen LogP contribution in [0.1, 0.15) is 52.9 Å². The van der Waals surface area contributed by atoms with E-state index in [0.717, 1.165) is 19.3 Å². The van der Waals surface area contributed by atoms with E-state index in [1.54, 1.807) is 0 Å². The van der Waals surface area contributed by atoms with Crippen LogP contribution in [0.3, 0.4) is 0 Å². The number of H-pyrrole nitrogens is 1. The highest BCUT2D eigenvalue weighted by Gasteiger charge is 2.30. The lowest BCUT2D eigenvalue weighted by atomic mass is 9.98. The van der Waals surface area contributed by atoms with Crippen LogP contribution in [-0.2, 0) is 16.1 Å². The van der Waals surface area contributed by atoms with Crippen LogP contribution in [0.25, 0.3) is 0 Å². The number of nitrogens with two attached hydrogens (primary N) is 1. The zero-order valence-electron chi connectivity index (χ0n) is 16.6. The summed E-state index contributed by atoms with van der Waals surface area (Å²) in [5, 5.41) is 0. The van der Waals surface area contributed by atoms with E-state index >= 15 is 0 Å². The number of aromatic nitrogens is 2. The van der Waals surface area contributed by atoms with Gasteiger partial charge in [0.25, 0.3) is 5.56 Å². The summed E-state index contributed by atoms with van der Waals surface area (Å²) < 4.78 is 6.71. The van der Waals surface area contributed by atoms with E-state index in [1.165, 1.54) is 9.47 Å². The quantitative estimate of drug-likeness (QED) is 0.713. The third-order valence-electron chi connectivity index (χ3n) is 4.99. The van der Waals surface area contributed by atoms with Crippen LogP contribution in [0.2, 0.25) is 0 Å². The molecule has 152 valence electrons. The van der Waals surface area contributed by atoms with Gasteiger partial charge in [0, 0.05) is 32.2 Å². The fraction of sp³-hybridized carbons (Fsp3) is 0.737. The Balaban J connectivity index is 2.45. The average molecular weight is 380 g/mol. The van der Waals surface area contributed by atoms with Crippen molar-refractivity contribution < 1.29 is 9.53 Å². The third-order valence-corrected chi connectivity index (χ3v) is 4.99. The number of hydrogen-bond donors (Lipinski definition) is 2. The van der Waals surface area contributed by atoms with Crippen LogP contribution in [-0.4, -0.2) is 35.2 Å². The molecule has 1 aliphatic rings. The second kappa shape index (κ2) is 9.73. The van der Waals surface area contributed by atoms with Crippen LogP contribution in [0.15, 0.2) is 9.59 Å². The predicted octanol–water partition coefficient (Wildman–Crippen LogP) is 1.72. The molecule has 1 aliphatic heterocycles. The van der Waals surface area contributed by atoms with Gasteiger partial charge in [0.1, 0.15) is 5.82 Å². The Labute approximate surface area is 159 Å². The molecule has 2 heterocycles. The van der Waals surface area contributed by atoms with Gasteiger partial charge in [-0.25, -0.2) is 4.79 Å². The Morgan fingerprint density at radius 1 is 1.33 bits per heavy atom. The van der Waals surface area contributed by atoms with Crippen molar-refractivity contribution in [1.82, 2.24) is 9.55 Å². The van der Waals surface area contributed by atoms with Gasteiger partial charge in [-0.2, -0.15) is 0 Å². The number of ether oxygens (including phenoxy) is 1. The van der Waals surface area contributed by atoms with Gasteiger partial charge in [-0.1, -0.05) is 27.2 Å². The van der Waals surface area contributed by atoms with Crippen LogP contribution in [0.4, 0.5) is 11.5 Å². The maximum atomic E-state index is 13.2. The number of rotatable bonds is 8. The van der Waals surface area contributed by atoms with Crippen molar-refractivity contribution in [3.63, 3.8) is 0 Å². The Morgan fingerprint density at radius 3 is 2.59 bits per heavy atom. The molecule has 0 aliphatic carbocycles. The molecule has 3 N–H and O–H groups in total. The molecule has 0 saturated carbocycles. The number of unbranched alkanes of at least 4 members (excludes halogenated alkanes) is 1. The van der Waals surface area contributed by atoms with Crippen molar-refractivity contribution in [1.29, 1.82) is 0 Å². The topological polar surface area (TPSA) is 110 Å². The maximum Gasteiger partial charge on any atom is 0.330 e. The van der Waals surface area contributed by atoms with E-state index in [9.17, 15) is 14.4 Å². The fourth-order valence-corrected chi connectivity index (χ4v) is 3.26. The minimum atomic E-state index is -0.602. The molecule has 1 fully saturated rings. The molecule has 27 heavy (non-hydrogen) atoms. The summed E-state index contributed by atoms with van der Waals surface area (Å²) in [5.41, 5.74) is 5.19. The second-order valence-corrected chi connectivity index (χ2v) is 7.56. The Kier molecular flexibility index (Phi) is 7.65. The molecule has 1 amide bonds. The van der Waals surface area contributed by atoms with Crippen LogP contribution >= 0.6 is 0 Å². The first-order chi connectivity index (χ1) is 12.9. The molecule has 1 aromatic heterocycles. The third kappa shape index (κ3) is 5.22. The molecule has 0 atom stereocenters. The standard InChI is InChI=1S/C19H32N4O4/c1-4-5-9-23-16(20)15(17(24)21-19(23)26)22(10-6-13(2)3)18(25)14-7-11-27-12-8-14/h13-14H,4-12,20H2,1-3H3,(H,21,24,26). The van der Waals surface area contributed by atoms with Gasteiger partial charge in [0.05, 0.1) is 0 Å². The van der Waals surface area contributed by atoms with E-state index in [0.29, 0.717) is 45.1 Å². The normalized spacial score (nSPS) is 15.3. The molecule has 0 unspecified atom stereocenters. The zero-order chi connectivity index (χ0) is 20.0. The first-order valence-electron chi connectivity index (χ1n) is 9.88. The Hall–Kier alpha value is -2.09. The first-order valence-corrected chi connectivity index (χ1v) is 9.88. The van der Waals surface area contributed by atoms with E-state index in [1.807, 2.05) is 6.92 Å².